The number of nitrogens with two attached hydrogens (primary N) is 1. The molecule has 0 saturated carbocycles. The molecule has 0 spiro atoms. The molecule has 0 aliphatic rings. The molecule has 0 fully saturated rings. The van der Waals surface area contributed by atoms with Crippen molar-refractivity contribution in [2.45, 2.75) is 34.1 Å². The molecule has 0 aliphatic carbocycles. The Kier molecular flexibility index (Phi) is 4.63. The molecule has 0 aliphatic heterocycles. The van der Waals surface area contributed by atoms with Crippen molar-refractivity contribution in [1.82, 2.24) is 0 Å². The lowest BCUT2D eigenvalue weighted by atomic mass is 9.80. The number of anilines is 2. The van der Waals surface area contributed by atoms with E-state index in [-0.39, 0.29) is 17.2 Å². The number of amides is 1. The van der Waals surface area contributed by atoms with Crippen LogP contribution in [0.15, 0.2) is 18.2 Å². The Morgan fingerprint density at radius 3 is 2.61 bits per heavy atom. The van der Waals surface area contributed by atoms with Crippen molar-refractivity contribution in [3.8, 4) is 0 Å². The van der Waals surface area contributed by atoms with Crippen molar-refractivity contribution in [2.75, 3.05) is 11.1 Å². The number of halogens is 1. The van der Waals surface area contributed by atoms with Gasteiger partial charge in [0.25, 0.3) is 0 Å². The molecule has 3 nitrogen and oxygen atoms in total. The van der Waals surface area contributed by atoms with Crippen molar-refractivity contribution in [3.05, 3.63) is 23.2 Å². The van der Waals surface area contributed by atoms with E-state index in [4.69, 9.17) is 17.3 Å². The van der Waals surface area contributed by atoms with Gasteiger partial charge in [0.05, 0.1) is 10.7 Å². The van der Waals surface area contributed by atoms with E-state index in [1.165, 1.54) is 0 Å². The van der Waals surface area contributed by atoms with Crippen LogP contribution in [0.1, 0.15) is 34.1 Å². The third-order valence-electron chi connectivity index (χ3n) is 3.23. The summed E-state index contributed by atoms with van der Waals surface area (Å²) in [6, 6.07) is 5.05. The third kappa shape index (κ3) is 4.22. The Labute approximate surface area is 114 Å². The van der Waals surface area contributed by atoms with Gasteiger partial charge in [0, 0.05) is 12.1 Å². The van der Waals surface area contributed by atoms with Crippen molar-refractivity contribution in [1.29, 1.82) is 0 Å². The average molecular weight is 269 g/mol. The van der Waals surface area contributed by atoms with E-state index >= 15 is 0 Å². The van der Waals surface area contributed by atoms with Crippen LogP contribution in [-0.4, -0.2) is 5.91 Å². The smallest absolute Gasteiger partial charge is 0.224 e. The van der Waals surface area contributed by atoms with Gasteiger partial charge in [-0.1, -0.05) is 39.3 Å². The van der Waals surface area contributed by atoms with Crippen LogP contribution in [0.2, 0.25) is 5.02 Å². The molecule has 1 unspecified atom stereocenters. The predicted octanol–water partition coefficient (Wildman–Crippen LogP) is 3.93. The first kappa shape index (κ1) is 14.8. The van der Waals surface area contributed by atoms with E-state index < -0.39 is 0 Å². The van der Waals surface area contributed by atoms with Crippen LogP contribution in [-0.2, 0) is 4.79 Å². The SMILES string of the molecule is CC(CC(=O)Nc1cc(N)ccc1Cl)C(C)(C)C. The molecule has 100 valence electrons. The summed E-state index contributed by atoms with van der Waals surface area (Å²) in [6.07, 6.45) is 0.467. The Morgan fingerprint density at radius 1 is 1.44 bits per heavy atom. The topological polar surface area (TPSA) is 55.1 Å². The van der Waals surface area contributed by atoms with E-state index in [2.05, 4.69) is 33.0 Å². The zero-order chi connectivity index (χ0) is 13.9. The molecular formula is C14H21ClN2O. The van der Waals surface area contributed by atoms with Gasteiger partial charge in [-0.2, -0.15) is 0 Å². The number of nitrogens with one attached hydrogen (secondary N) is 1. The number of carbonyl (C=O) groups is 1. The summed E-state index contributed by atoms with van der Waals surface area (Å²) < 4.78 is 0. The Bertz CT molecular complexity index is 438. The number of carbonyl (C=O) groups excluding carboxylic acids is 1. The molecule has 0 aromatic heterocycles. The van der Waals surface area contributed by atoms with E-state index in [1.54, 1.807) is 18.2 Å². The van der Waals surface area contributed by atoms with Crippen molar-refractivity contribution < 1.29 is 4.79 Å². The van der Waals surface area contributed by atoms with E-state index in [9.17, 15) is 4.79 Å². The number of benzene rings is 1. The average Bonchev–Trinajstić information content (AvgIpc) is 2.22. The first-order chi connectivity index (χ1) is 8.20. The molecule has 1 aromatic rings. The van der Waals surface area contributed by atoms with Crippen molar-refractivity contribution >= 4 is 28.9 Å². The van der Waals surface area contributed by atoms with Gasteiger partial charge in [-0.25, -0.2) is 0 Å². The zero-order valence-electron chi connectivity index (χ0n) is 11.4. The van der Waals surface area contributed by atoms with Crippen LogP contribution in [0.3, 0.4) is 0 Å². The third-order valence-corrected chi connectivity index (χ3v) is 3.56. The Balaban J connectivity index is 2.68. The summed E-state index contributed by atoms with van der Waals surface area (Å²) in [7, 11) is 0. The molecule has 0 radical (unpaired) electrons. The van der Waals surface area contributed by atoms with E-state index in [1.807, 2.05) is 0 Å². The second-order valence-corrected chi connectivity index (χ2v) is 6.17. The molecule has 18 heavy (non-hydrogen) atoms. The fourth-order valence-electron chi connectivity index (χ4n) is 1.42. The lowest BCUT2D eigenvalue weighted by Crippen LogP contribution is -2.24. The molecule has 1 aromatic carbocycles. The summed E-state index contributed by atoms with van der Waals surface area (Å²) in [6.45, 7) is 8.44. The minimum Gasteiger partial charge on any atom is -0.399 e. The second-order valence-electron chi connectivity index (χ2n) is 5.76. The lowest BCUT2D eigenvalue weighted by molar-refractivity contribution is -0.117. The molecule has 1 rings (SSSR count). The number of hydrogen-bond donors (Lipinski definition) is 2. The van der Waals surface area contributed by atoms with E-state index in [0.29, 0.717) is 22.8 Å². The first-order valence-corrected chi connectivity index (χ1v) is 6.43. The molecule has 0 bridgehead atoms. The second kappa shape index (κ2) is 5.61. The number of nitrogen functional groups attached to an aromatic ring is 1. The number of rotatable bonds is 3. The van der Waals surface area contributed by atoms with Gasteiger partial charge in [-0.3, -0.25) is 4.79 Å². The highest BCUT2D eigenvalue weighted by Crippen LogP contribution is 2.29. The fourth-order valence-corrected chi connectivity index (χ4v) is 1.59. The molecule has 1 atom stereocenters. The molecule has 3 N–H and O–H groups in total. The van der Waals surface area contributed by atoms with Crippen LogP contribution in [0.5, 0.6) is 0 Å². The summed E-state index contributed by atoms with van der Waals surface area (Å²) in [5, 5.41) is 3.30. The highest BCUT2D eigenvalue weighted by Gasteiger charge is 2.22. The largest absolute Gasteiger partial charge is 0.399 e. The molecule has 0 heterocycles. The fraction of sp³-hybridized carbons (Fsp3) is 0.500. The Hall–Kier alpha value is -1.22. The number of hydrogen-bond acceptors (Lipinski definition) is 2. The molecular weight excluding hydrogens is 248 g/mol. The minimum atomic E-state index is -0.0371. The van der Waals surface area contributed by atoms with Crippen molar-refractivity contribution in [3.63, 3.8) is 0 Å². The monoisotopic (exact) mass is 268 g/mol. The highest BCUT2D eigenvalue weighted by molar-refractivity contribution is 6.33. The molecule has 4 heteroatoms. The predicted molar refractivity (Wildman–Crippen MR) is 77.7 cm³/mol. The van der Waals surface area contributed by atoms with Gasteiger partial charge < -0.3 is 11.1 Å². The maximum atomic E-state index is 11.9. The summed E-state index contributed by atoms with van der Waals surface area (Å²) >= 11 is 6.00. The first-order valence-electron chi connectivity index (χ1n) is 6.05. The van der Waals surface area contributed by atoms with Crippen LogP contribution in [0.4, 0.5) is 11.4 Å². The van der Waals surface area contributed by atoms with Crippen molar-refractivity contribution in [2.24, 2.45) is 11.3 Å². The summed E-state index contributed by atoms with van der Waals surface area (Å²) in [5.74, 6) is 0.252. The van der Waals surface area contributed by atoms with E-state index in [0.717, 1.165) is 0 Å². The summed E-state index contributed by atoms with van der Waals surface area (Å²) in [4.78, 5) is 11.9. The Morgan fingerprint density at radius 2 is 2.06 bits per heavy atom. The maximum Gasteiger partial charge on any atom is 0.224 e. The van der Waals surface area contributed by atoms with Crippen LogP contribution in [0.25, 0.3) is 0 Å². The van der Waals surface area contributed by atoms with Crippen LogP contribution < -0.4 is 11.1 Å². The van der Waals surface area contributed by atoms with Gasteiger partial charge in [-0.05, 0) is 29.5 Å². The van der Waals surface area contributed by atoms with Gasteiger partial charge in [-0.15, -0.1) is 0 Å². The zero-order valence-corrected chi connectivity index (χ0v) is 12.1. The highest BCUT2D eigenvalue weighted by atomic mass is 35.5. The van der Waals surface area contributed by atoms with Gasteiger partial charge in [0.1, 0.15) is 0 Å². The standard InChI is InChI=1S/C14H21ClN2O/c1-9(14(2,3)4)7-13(18)17-12-8-10(16)5-6-11(12)15/h5-6,8-9H,7,16H2,1-4H3,(H,17,18). The summed E-state index contributed by atoms with van der Waals surface area (Å²) in [5.41, 5.74) is 6.93. The van der Waals surface area contributed by atoms with Crippen LogP contribution in [0, 0.1) is 11.3 Å². The van der Waals surface area contributed by atoms with Gasteiger partial charge in [0.2, 0.25) is 5.91 Å². The van der Waals surface area contributed by atoms with Gasteiger partial charge in [0.15, 0.2) is 0 Å². The van der Waals surface area contributed by atoms with Crippen LogP contribution >= 0.6 is 11.6 Å². The normalized spacial score (nSPS) is 13.2. The lowest BCUT2D eigenvalue weighted by Gasteiger charge is -2.26. The van der Waals surface area contributed by atoms with Gasteiger partial charge >= 0.3 is 0 Å². The quantitative estimate of drug-likeness (QED) is 0.816. The minimum absolute atomic E-state index is 0.0371. The molecule has 1 amide bonds. The molecule has 0 saturated heterocycles. The maximum absolute atomic E-state index is 11.9.